The van der Waals surface area contributed by atoms with E-state index in [-0.39, 0.29) is 0 Å². The summed E-state index contributed by atoms with van der Waals surface area (Å²) in [6, 6.07) is 9.87. The largest absolute Gasteiger partial charge is 0.382 e. The van der Waals surface area contributed by atoms with Crippen molar-refractivity contribution in [2.45, 2.75) is 26.7 Å². The summed E-state index contributed by atoms with van der Waals surface area (Å²) in [4.78, 5) is 0. The van der Waals surface area contributed by atoms with Gasteiger partial charge in [-0.05, 0) is 12.0 Å². The van der Waals surface area contributed by atoms with Gasteiger partial charge in [0.15, 0.2) is 5.69 Å². The van der Waals surface area contributed by atoms with Crippen LogP contribution in [0.4, 0.5) is 5.69 Å². The molecule has 19 heavy (non-hydrogen) atoms. The molecular formula is C15H18N4. The van der Waals surface area contributed by atoms with Gasteiger partial charge in [-0.15, -0.1) is 10.2 Å². The number of hydrogen-bond acceptors (Lipinski definition) is 4. The third-order valence-corrected chi connectivity index (χ3v) is 3.50. The van der Waals surface area contributed by atoms with E-state index in [9.17, 15) is 0 Å². The van der Waals surface area contributed by atoms with Gasteiger partial charge < -0.3 is 5.32 Å². The summed E-state index contributed by atoms with van der Waals surface area (Å²) >= 11 is 0. The maximum atomic E-state index is 9.17. The lowest BCUT2D eigenvalue weighted by Crippen LogP contribution is -2.14. The zero-order valence-electron chi connectivity index (χ0n) is 11.3. The minimum atomic E-state index is 0.365. The van der Waals surface area contributed by atoms with Crippen molar-refractivity contribution >= 4 is 16.6 Å². The fourth-order valence-corrected chi connectivity index (χ4v) is 2.13. The molecule has 0 atom stereocenters. The summed E-state index contributed by atoms with van der Waals surface area (Å²) in [6.07, 6.45) is 2.25. The fraction of sp³-hybridized carbons (Fsp3) is 0.400. The molecule has 1 aromatic carbocycles. The highest BCUT2D eigenvalue weighted by Gasteiger charge is 2.11. The molecule has 0 spiro atoms. The Morgan fingerprint density at radius 1 is 1.21 bits per heavy atom. The number of nitrogens with zero attached hydrogens (tertiary/aromatic N) is 3. The maximum Gasteiger partial charge on any atom is 0.186 e. The molecule has 2 aromatic rings. The second-order valence-corrected chi connectivity index (χ2v) is 4.62. The standard InChI is InChI=1S/C15H18N4/c1-3-11(4-2)10-17-15-12-7-5-6-8-13(12)18-19-14(15)9-16/h5-8,11H,3-4,10H2,1-2H3,(H,17,18). The van der Waals surface area contributed by atoms with Crippen LogP contribution in [0.5, 0.6) is 0 Å². The van der Waals surface area contributed by atoms with Gasteiger partial charge in [0.05, 0.1) is 11.2 Å². The molecule has 4 heteroatoms. The Hall–Kier alpha value is -2.15. The highest BCUT2D eigenvalue weighted by atomic mass is 15.1. The number of nitriles is 1. The van der Waals surface area contributed by atoms with Crippen LogP contribution >= 0.6 is 0 Å². The van der Waals surface area contributed by atoms with Crippen LogP contribution in [0.1, 0.15) is 32.4 Å². The van der Waals surface area contributed by atoms with Crippen LogP contribution in [-0.2, 0) is 0 Å². The van der Waals surface area contributed by atoms with Gasteiger partial charge in [-0.3, -0.25) is 0 Å². The van der Waals surface area contributed by atoms with E-state index in [1.807, 2.05) is 24.3 Å². The van der Waals surface area contributed by atoms with E-state index < -0.39 is 0 Å². The molecule has 0 saturated heterocycles. The molecule has 1 aromatic heterocycles. The Labute approximate surface area is 113 Å². The predicted molar refractivity (Wildman–Crippen MR) is 76.8 cm³/mol. The number of benzene rings is 1. The molecule has 0 unspecified atom stereocenters. The minimum absolute atomic E-state index is 0.365. The predicted octanol–water partition coefficient (Wildman–Crippen LogP) is 3.35. The van der Waals surface area contributed by atoms with E-state index in [1.165, 1.54) is 0 Å². The van der Waals surface area contributed by atoms with E-state index in [0.29, 0.717) is 11.6 Å². The van der Waals surface area contributed by atoms with Crippen molar-refractivity contribution < 1.29 is 0 Å². The lowest BCUT2D eigenvalue weighted by Gasteiger charge is -2.15. The normalized spacial score (nSPS) is 10.6. The maximum absolute atomic E-state index is 9.17. The second kappa shape index (κ2) is 6.14. The van der Waals surface area contributed by atoms with E-state index in [0.717, 1.165) is 36.0 Å². The first-order valence-corrected chi connectivity index (χ1v) is 6.69. The van der Waals surface area contributed by atoms with Gasteiger partial charge in [0.25, 0.3) is 0 Å². The zero-order chi connectivity index (χ0) is 13.7. The molecule has 0 amide bonds. The molecule has 0 radical (unpaired) electrons. The summed E-state index contributed by atoms with van der Waals surface area (Å²) in [7, 11) is 0. The Morgan fingerprint density at radius 2 is 1.95 bits per heavy atom. The highest BCUT2D eigenvalue weighted by Crippen LogP contribution is 2.24. The SMILES string of the molecule is CCC(CC)CNc1c(C#N)nnc2ccccc12. The van der Waals surface area contributed by atoms with Gasteiger partial charge in [0, 0.05) is 11.9 Å². The van der Waals surface area contributed by atoms with Gasteiger partial charge in [-0.2, -0.15) is 5.26 Å². The van der Waals surface area contributed by atoms with Gasteiger partial charge >= 0.3 is 0 Å². The van der Waals surface area contributed by atoms with Gasteiger partial charge in [-0.25, -0.2) is 0 Å². The molecule has 1 N–H and O–H groups in total. The topological polar surface area (TPSA) is 61.6 Å². The summed E-state index contributed by atoms with van der Waals surface area (Å²) in [5, 5.41) is 21.6. The lowest BCUT2D eigenvalue weighted by molar-refractivity contribution is 0.519. The third-order valence-electron chi connectivity index (χ3n) is 3.50. The van der Waals surface area contributed by atoms with Crippen molar-refractivity contribution in [1.82, 2.24) is 10.2 Å². The van der Waals surface area contributed by atoms with Crippen molar-refractivity contribution in [2.75, 3.05) is 11.9 Å². The molecule has 0 aliphatic heterocycles. The van der Waals surface area contributed by atoms with Gasteiger partial charge in [-0.1, -0.05) is 44.9 Å². The van der Waals surface area contributed by atoms with Crippen LogP contribution in [0.2, 0.25) is 0 Å². The van der Waals surface area contributed by atoms with Crippen molar-refractivity contribution in [3.63, 3.8) is 0 Å². The minimum Gasteiger partial charge on any atom is -0.382 e. The number of anilines is 1. The first kappa shape index (κ1) is 13.3. The third kappa shape index (κ3) is 2.82. The monoisotopic (exact) mass is 254 g/mol. The molecule has 0 fully saturated rings. The quantitative estimate of drug-likeness (QED) is 0.888. The average molecular weight is 254 g/mol. The van der Waals surface area contributed by atoms with Crippen LogP contribution in [0.25, 0.3) is 10.9 Å². The first-order valence-electron chi connectivity index (χ1n) is 6.69. The van der Waals surface area contributed by atoms with Crippen LogP contribution in [0.3, 0.4) is 0 Å². The van der Waals surface area contributed by atoms with Crippen LogP contribution < -0.4 is 5.32 Å². The van der Waals surface area contributed by atoms with E-state index in [4.69, 9.17) is 5.26 Å². The highest BCUT2D eigenvalue weighted by molar-refractivity contribution is 5.92. The number of fused-ring (bicyclic) bond motifs is 1. The molecule has 0 bridgehead atoms. The van der Waals surface area contributed by atoms with Crippen LogP contribution in [-0.4, -0.2) is 16.7 Å². The number of aromatic nitrogens is 2. The summed E-state index contributed by atoms with van der Waals surface area (Å²) in [5.41, 5.74) is 1.98. The smallest absolute Gasteiger partial charge is 0.186 e. The first-order chi connectivity index (χ1) is 9.30. The number of rotatable bonds is 5. The van der Waals surface area contributed by atoms with Gasteiger partial charge in [0.2, 0.25) is 0 Å². The number of hydrogen-bond donors (Lipinski definition) is 1. The molecule has 0 aliphatic rings. The lowest BCUT2D eigenvalue weighted by atomic mass is 10.0. The number of nitrogens with one attached hydrogen (secondary N) is 1. The van der Waals surface area contributed by atoms with Crippen LogP contribution in [0.15, 0.2) is 24.3 Å². The molecule has 98 valence electrons. The van der Waals surface area contributed by atoms with Crippen molar-refractivity contribution in [3.05, 3.63) is 30.0 Å². The summed E-state index contributed by atoms with van der Waals surface area (Å²) in [6.45, 7) is 5.23. The average Bonchev–Trinajstić information content (AvgIpc) is 2.48. The van der Waals surface area contributed by atoms with Crippen LogP contribution in [0, 0.1) is 17.2 Å². The Kier molecular flexibility index (Phi) is 4.30. The zero-order valence-corrected chi connectivity index (χ0v) is 11.3. The molecular weight excluding hydrogens is 236 g/mol. The second-order valence-electron chi connectivity index (χ2n) is 4.62. The summed E-state index contributed by atoms with van der Waals surface area (Å²) in [5.74, 6) is 0.610. The van der Waals surface area contributed by atoms with E-state index in [2.05, 4.69) is 35.4 Å². The molecule has 1 heterocycles. The Balaban J connectivity index is 2.37. The van der Waals surface area contributed by atoms with E-state index >= 15 is 0 Å². The van der Waals surface area contributed by atoms with Crippen molar-refractivity contribution in [3.8, 4) is 6.07 Å². The molecule has 0 aliphatic carbocycles. The van der Waals surface area contributed by atoms with Gasteiger partial charge in [0.1, 0.15) is 6.07 Å². The Morgan fingerprint density at radius 3 is 2.63 bits per heavy atom. The van der Waals surface area contributed by atoms with Crippen molar-refractivity contribution in [2.24, 2.45) is 5.92 Å². The van der Waals surface area contributed by atoms with Crippen molar-refractivity contribution in [1.29, 1.82) is 5.26 Å². The molecule has 0 saturated carbocycles. The summed E-state index contributed by atoms with van der Waals surface area (Å²) < 4.78 is 0. The Bertz CT molecular complexity index is 597. The fourth-order valence-electron chi connectivity index (χ4n) is 2.13. The van der Waals surface area contributed by atoms with E-state index in [1.54, 1.807) is 0 Å². The molecule has 2 rings (SSSR count). The molecule has 4 nitrogen and oxygen atoms in total.